The van der Waals surface area contributed by atoms with Crippen LogP contribution in [-0.4, -0.2) is 44.5 Å². The quantitative estimate of drug-likeness (QED) is 0.489. The normalized spacial score (nSPS) is 12.5. The third kappa shape index (κ3) is 8.19. The van der Waals surface area contributed by atoms with E-state index in [9.17, 15) is 35.9 Å². The first-order valence-electron chi connectivity index (χ1n) is 6.95. The standard InChI is InChI=1S/C12H11F6NO2.C3H7NO/c1-21-10(20)9(19)4-6-2-7(11(13,14)15)5-8(3-6)12(16,17)18;1-4(2)3-5/h2-3,5,9H,4,19H2,1H3;3H,1-2H3/t9-;/m0./s1. The number of hydrogen-bond acceptors (Lipinski definition) is 4. The molecule has 0 bridgehead atoms. The molecule has 0 fully saturated rings. The highest BCUT2D eigenvalue weighted by molar-refractivity contribution is 5.75. The lowest BCUT2D eigenvalue weighted by atomic mass is 10.00. The van der Waals surface area contributed by atoms with Gasteiger partial charge >= 0.3 is 18.3 Å². The van der Waals surface area contributed by atoms with Crippen LogP contribution in [0.25, 0.3) is 0 Å². The van der Waals surface area contributed by atoms with E-state index in [0.717, 1.165) is 13.5 Å². The van der Waals surface area contributed by atoms with E-state index in [2.05, 4.69) is 4.74 Å². The number of hydrogen-bond donors (Lipinski definition) is 1. The Bertz CT molecular complexity index is 582. The molecule has 1 aromatic carbocycles. The van der Waals surface area contributed by atoms with Gasteiger partial charge in [-0.3, -0.25) is 9.59 Å². The molecular formula is C15H18F6N2O3. The lowest BCUT2D eigenvalue weighted by molar-refractivity contribution is -0.143. The summed E-state index contributed by atoms with van der Waals surface area (Å²) in [6.07, 6.45) is -9.63. The second-order valence-electron chi connectivity index (χ2n) is 5.32. The van der Waals surface area contributed by atoms with Gasteiger partial charge in [0.1, 0.15) is 6.04 Å². The molecule has 1 rings (SSSR count). The molecular weight excluding hydrogens is 370 g/mol. The fourth-order valence-electron chi connectivity index (χ4n) is 1.63. The van der Waals surface area contributed by atoms with Crippen molar-refractivity contribution in [1.29, 1.82) is 0 Å². The molecule has 0 saturated carbocycles. The van der Waals surface area contributed by atoms with Crippen LogP contribution in [0.5, 0.6) is 0 Å². The fourth-order valence-corrected chi connectivity index (χ4v) is 1.63. The number of amides is 1. The first-order chi connectivity index (χ1) is 11.7. The summed E-state index contributed by atoms with van der Waals surface area (Å²) in [7, 11) is 4.38. The largest absolute Gasteiger partial charge is 0.468 e. The van der Waals surface area contributed by atoms with Crippen LogP contribution in [0, 0.1) is 0 Å². The number of esters is 1. The molecule has 2 N–H and O–H groups in total. The average Bonchev–Trinajstić information content (AvgIpc) is 2.52. The molecule has 0 unspecified atom stereocenters. The van der Waals surface area contributed by atoms with E-state index in [-0.39, 0.29) is 11.6 Å². The molecule has 0 aliphatic carbocycles. The summed E-state index contributed by atoms with van der Waals surface area (Å²) in [5.74, 6) is -0.930. The molecule has 5 nitrogen and oxygen atoms in total. The SMILES string of the molecule is CN(C)C=O.COC(=O)[C@@H](N)Cc1cc(C(F)(F)F)cc(C(F)(F)F)c1. The molecule has 1 amide bonds. The minimum atomic E-state index is -4.94. The monoisotopic (exact) mass is 388 g/mol. The number of carbonyl (C=O) groups excluding carboxylic acids is 2. The van der Waals surface area contributed by atoms with Crippen molar-refractivity contribution in [2.75, 3.05) is 21.2 Å². The van der Waals surface area contributed by atoms with Crippen molar-refractivity contribution in [1.82, 2.24) is 4.90 Å². The number of methoxy groups -OCH3 is 1. The Balaban J connectivity index is 0.00000110. The van der Waals surface area contributed by atoms with Crippen molar-refractivity contribution in [3.63, 3.8) is 0 Å². The van der Waals surface area contributed by atoms with Crippen LogP contribution in [0.15, 0.2) is 18.2 Å². The topological polar surface area (TPSA) is 72.6 Å². The van der Waals surface area contributed by atoms with Gasteiger partial charge in [0.25, 0.3) is 0 Å². The van der Waals surface area contributed by atoms with Crippen LogP contribution in [0.1, 0.15) is 16.7 Å². The van der Waals surface area contributed by atoms with Crippen LogP contribution in [0.3, 0.4) is 0 Å². The second-order valence-corrected chi connectivity index (χ2v) is 5.32. The van der Waals surface area contributed by atoms with E-state index in [1.807, 2.05) is 0 Å². The lowest BCUT2D eigenvalue weighted by Crippen LogP contribution is -2.33. The summed E-state index contributed by atoms with van der Waals surface area (Å²) < 4.78 is 79.9. The molecule has 11 heteroatoms. The molecule has 1 atom stereocenters. The first kappa shape index (κ1) is 23.7. The van der Waals surface area contributed by atoms with Gasteiger partial charge in [-0.15, -0.1) is 0 Å². The number of alkyl halides is 6. The van der Waals surface area contributed by atoms with Gasteiger partial charge in [0.05, 0.1) is 18.2 Å². The Labute approximate surface area is 145 Å². The zero-order valence-corrected chi connectivity index (χ0v) is 14.1. The van der Waals surface area contributed by atoms with Crippen molar-refractivity contribution in [2.45, 2.75) is 24.8 Å². The number of ether oxygens (including phenoxy) is 1. The summed E-state index contributed by atoms with van der Waals surface area (Å²) in [4.78, 5) is 22.0. The van der Waals surface area contributed by atoms with Gasteiger partial charge in [-0.05, 0) is 30.2 Å². The predicted molar refractivity (Wildman–Crippen MR) is 79.9 cm³/mol. The van der Waals surface area contributed by atoms with E-state index in [4.69, 9.17) is 5.73 Å². The van der Waals surface area contributed by atoms with E-state index in [1.54, 1.807) is 14.1 Å². The molecule has 26 heavy (non-hydrogen) atoms. The van der Waals surface area contributed by atoms with E-state index < -0.39 is 41.9 Å². The zero-order chi connectivity index (χ0) is 20.7. The highest BCUT2D eigenvalue weighted by atomic mass is 19.4. The van der Waals surface area contributed by atoms with Crippen molar-refractivity contribution in [2.24, 2.45) is 5.73 Å². The van der Waals surface area contributed by atoms with Crippen LogP contribution in [0.2, 0.25) is 0 Å². The molecule has 0 radical (unpaired) electrons. The number of carbonyl (C=O) groups is 2. The molecule has 0 heterocycles. The van der Waals surface area contributed by atoms with Gasteiger partial charge in [-0.2, -0.15) is 26.3 Å². The fraction of sp³-hybridized carbons (Fsp3) is 0.467. The van der Waals surface area contributed by atoms with Crippen LogP contribution in [-0.2, 0) is 33.1 Å². The molecule has 0 aliphatic heterocycles. The Morgan fingerprint density at radius 3 is 1.77 bits per heavy atom. The van der Waals surface area contributed by atoms with Crippen molar-refractivity contribution in [3.05, 3.63) is 34.9 Å². The summed E-state index contributed by atoms with van der Waals surface area (Å²) in [6.45, 7) is 0. The minimum Gasteiger partial charge on any atom is -0.468 e. The maximum Gasteiger partial charge on any atom is 0.416 e. The summed E-state index contributed by atoms with van der Waals surface area (Å²) in [5, 5.41) is 0. The highest BCUT2D eigenvalue weighted by Crippen LogP contribution is 2.36. The van der Waals surface area contributed by atoms with Gasteiger partial charge in [0, 0.05) is 14.1 Å². The Kier molecular flexibility index (Phi) is 8.58. The van der Waals surface area contributed by atoms with E-state index in [0.29, 0.717) is 12.1 Å². The lowest BCUT2D eigenvalue weighted by Gasteiger charge is -2.15. The van der Waals surface area contributed by atoms with Gasteiger partial charge in [0.2, 0.25) is 6.41 Å². The molecule has 0 aromatic heterocycles. The molecule has 0 aliphatic rings. The Morgan fingerprint density at radius 2 is 1.50 bits per heavy atom. The third-order valence-electron chi connectivity index (χ3n) is 2.82. The van der Waals surface area contributed by atoms with Gasteiger partial charge < -0.3 is 15.4 Å². The minimum absolute atomic E-state index is 0.00711. The number of nitrogens with two attached hydrogens (primary N) is 1. The summed E-state index contributed by atoms with van der Waals surface area (Å²) in [5.41, 5.74) is 2.08. The van der Waals surface area contributed by atoms with Crippen molar-refractivity contribution >= 4 is 12.4 Å². The molecule has 0 saturated heterocycles. The molecule has 148 valence electrons. The van der Waals surface area contributed by atoms with E-state index >= 15 is 0 Å². The van der Waals surface area contributed by atoms with Gasteiger partial charge in [-0.1, -0.05) is 0 Å². The van der Waals surface area contributed by atoms with Gasteiger partial charge in [-0.25, -0.2) is 0 Å². The maximum atomic E-state index is 12.6. The Hall–Kier alpha value is -2.30. The third-order valence-corrected chi connectivity index (χ3v) is 2.82. The number of benzene rings is 1. The molecule has 1 aromatic rings. The number of nitrogens with zero attached hydrogens (tertiary/aromatic N) is 1. The van der Waals surface area contributed by atoms with Crippen LogP contribution >= 0.6 is 0 Å². The van der Waals surface area contributed by atoms with Crippen LogP contribution < -0.4 is 5.73 Å². The zero-order valence-electron chi connectivity index (χ0n) is 14.1. The maximum absolute atomic E-state index is 12.6. The first-order valence-corrected chi connectivity index (χ1v) is 6.95. The average molecular weight is 388 g/mol. The van der Waals surface area contributed by atoms with Crippen molar-refractivity contribution < 1.29 is 40.7 Å². The second kappa shape index (κ2) is 9.41. The predicted octanol–water partition coefficient (Wildman–Crippen LogP) is 2.47. The Morgan fingerprint density at radius 1 is 1.12 bits per heavy atom. The number of rotatable bonds is 4. The number of halogens is 6. The smallest absolute Gasteiger partial charge is 0.416 e. The summed E-state index contributed by atoms with van der Waals surface area (Å²) >= 11 is 0. The van der Waals surface area contributed by atoms with Gasteiger partial charge in [0.15, 0.2) is 0 Å². The highest BCUT2D eigenvalue weighted by Gasteiger charge is 2.37. The van der Waals surface area contributed by atoms with Crippen molar-refractivity contribution in [3.8, 4) is 0 Å². The van der Waals surface area contributed by atoms with E-state index in [1.165, 1.54) is 4.90 Å². The summed E-state index contributed by atoms with van der Waals surface area (Å²) in [6, 6.07) is -0.289. The molecule has 0 spiro atoms. The van der Waals surface area contributed by atoms with Crippen LogP contribution in [0.4, 0.5) is 26.3 Å².